The Balaban J connectivity index is 0.000000656. The Kier molecular flexibility index (Phi) is 10.8. The highest BCUT2D eigenvalue weighted by atomic mass is 32.2. The standard InChI is InChI=1S/C16H22FN3O3S.C3H4F2O/c1-16(15(21)22)4-6-20(7-5-16)24-13-2-3-14(19-10-13)23-11-12(8-17)9-18;1-2(6)3(4)5/h2-3,8,10H,4-7,9,11,18H2,1H3,(H,21,22);3H,1H3/b12-8+;. The summed E-state index contributed by atoms with van der Waals surface area (Å²) in [6.45, 7) is 4.26. The maximum atomic E-state index is 12.4. The van der Waals surface area contributed by atoms with Crippen LogP contribution in [0.25, 0.3) is 0 Å². The Morgan fingerprint density at radius 3 is 2.40 bits per heavy atom. The molecule has 0 unspecified atom stereocenters. The van der Waals surface area contributed by atoms with Gasteiger partial charge in [-0.2, -0.15) is 0 Å². The fraction of sp³-hybridized carbons (Fsp3) is 0.526. The number of alkyl halides is 2. The van der Waals surface area contributed by atoms with Gasteiger partial charge in [-0.15, -0.1) is 0 Å². The van der Waals surface area contributed by atoms with E-state index in [4.69, 9.17) is 10.5 Å². The summed E-state index contributed by atoms with van der Waals surface area (Å²) in [5, 5.41) is 9.24. The van der Waals surface area contributed by atoms with Gasteiger partial charge in [0.1, 0.15) is 6.61 Å². The van der Waals surface area contributed by atoms with E-state index in [2.05, 4.69) is 9.29 Å². The first-order valence-corrected chi connectivity index (χ1v) is 9.90. The van der Waals surface area contributed by atoms with E-state index < -0.39 is 23.6 Å². The number of carbonyl (C=O) groups is 2. The first kappa shape index (κ1) is 25.9. The van der Waals surface area contributed by atoms with Crippen LogP contribution in [0.2, 0.25) is 0 Å². The number of aliphatic carboxylic acids is 1. The lowest BCUT2D eigenvalue weighted by atomic mass is 9.81. The molecule has 1 fully saturated rings. The zero-order valence-electron chi connectivity index (χ0n) is 16.8. The van der Waals surface area contributed by atoms with Crippen molar-refractivity contribution >= 4 is 23.7 Å². The van der Waals surface area contributed by atoms with Gasteiger partial charge in [0.15, 0.2) is 5.78 Å². The third kappa shape index (κ3) is 8.72. The number of nitrogens with zero attached hydrogens (tertiary/aromatic N) is 2. The Morgan fingerprint density at radius 1 is 1.40 bits per heavy atom. The highest BCUT2D eigenvalue weighted by Gasteiger charge is 2.37. The third-order valence-electron chi connectivity index (χ3n) is 4.42. The number of carboxylic acids is 1. The summed E-state index contributed by atoms with van der Waals surface area (Å²) in [4.78, 5) is 25.8. The number of hydrogen-bond acceptors (Lipinski definition) is 7. The molecule has 0 amide bonds. The van der Waals surface area contributed by atoms with Crippen molar-refractivity contribution in [2.75, 3.05) is 26.2 Å². The van der Waals surface area contributed by atoms with Crippen LogP contribution in [-0.2, 0) is 9.59 Å². The van der Waals surface area contributed by atoms with Gasteiger partial charge in [0, 0.05) is 49.3 Å². The molecule has 1 aliphatic heterocycles. The van der Waals surface area contributed by atoms with Gasteiger partial charge in [0.25, 0.3) is 6.43 Å². The normalized spacial score (nSPS) is 16.6. The second kappa shape index (κ2) is 12.6. The molecule has 0 spiro atoms. The first-order chi connectivity index (χ1) is 14.1. The largest absolute Gasteiger partial charge is 0.481 e. The van der Waals surface area contributed by atoms with Crippen LogP contribution in [0, 0.1) is 5.41 Å². The SMILES string of the molecule is CC(=O)C(F)F.CC1(C(=O)O)CCN(Sc2ccc(OC/C(=C/F)CN)nc2)CC1. The number of piperidine rings is 1. The number of nitrogens with two attached hydrogens (primary N) is 1. The van der Waals surface area contributed by atoms with Crippen LogP contribution in [0.15, 0.2) is 35.1 Å². The Hall–Kier alpha value is -2.11. The van der Waals surface area contributed by atoms with E-state index >= 15 is 0 Å². The quantitative estimate of drug-likeness (QED) is 0.583. The molecule has 1 aromatic heterocycles. The van der Waals surface area contributed by atoms with Gasteiger partial charge in [-0.25, -0.2) is 22.5 Å². The van der Waals surface area contributed by atoms with Gasteiger partial charge in [0.05, 0.1) is 11.7 Å². The van der Waals surface area contributed by atoms with E-state index in [0.29, 0.717) is 43.7 Å². The number of halogens is 3. The molecule has 0 aliphatic carbocycles. The topological polar surface area (TPSA) is 106 Å². The third-order valence-corrected chi connectivity index (χ3v) is 5.49. The van der Waals surface area contributed by atoms with Crippen LogP contribution in [0.3, 0.4) is 0 Å². The summed E-state index contributed by atoms with van der Waals surface area (Å²) in [6, 6.07) is 3.60. The second-order valence-electron chi connectivity index (χ2n) is 6.89. The van der Waals surface area contributed by atoms with Crippen LogP contribution in [-0.4, -0.2) is 58.8 Å². The summed E-state index contributed by atoms with van der Waals surface area (Å²) in [5.41, 5.74) is 5.10. The lowest BCUT2D eigenvalue weighted by molar-refractivity contribution is -0.150. The summed E-state index contributed by atoms with van der Waals surface area (Å²) < 4.78 is 41.5. The first-order valence-electron chi connectivity index (χ1n) is 9.13. The van der Waals surface area contributed by atoms with Crippen LogP contribution in [0.4, 0.5) is 13.2 Å². The van der Waals surface area contributed by atoms with E-state index in [1.54, 1.807) is 31.1 Å². The van der Waals surface area contributed by atoms with E-state index in [-0.39, 0.29) is 13.2 Å². The van der Waals surface area contributed by atoms with Gasteiger partial charge >= 0.3 is 5.97 Å². The fourth-order valence-electron chi connectivity index (χ4n) is 2.24. The number of aromatic nitrogens is 1. The number of rotatable bonds is 8. The summed E-state index contributed by atoms with van der Waals surface area (Å²) in [6.07, 6.45) is 0.602. The van der Waals surface area contributed by atoms with Crippen LogP contribution >= 0.6 is 11.9 Å². The highest BCUT2D eigenvalue weighted by Crippen LogP contribution is 2.35. The van der Waals surface area contributed by atoms with Gasteiger partial charge in [0.2, 0.25) is 5.88 Å². The molecular formula is C19H26F3N3O4S. The minimum atomic E-state index is -2.79. The monoisotopic (exact) mass is 449 g/mol. The van der Waals surface area contributed by atoms with E-state index in [9.17, 15) is 27.9 Å². The number of pyridine rings is 1. The molecule has 2 heterocycles. The van der Waals surface area contributed by atoms with Crippen molar-refractivity contribution in [2.45, 2.75) is 38.0 Å². The van der Waals surface area contributed by atoms with Crippen molar-refractivity contribution in [2.24, 2.45) is 11.1 Å². The molecule has 3 N–H and O–H groups in total. The van der Waals surface area contributed by atoms with E-state index in [1.165, 1.54) is 0 Å². The van der Waals surface area contributed by atoms with Crippen molar-refractivity contribution in [3.63, 3.8) is 0 Å². The summed E-state index contributed by atoms with van der Waals surface area (Å²) >= 11 is 1.55. The Labute approximate surface area is 177 Å². The van der Waals surface area contributed by atoms with Crippen molar-refractivity contribution in [3.05, 3.63) is 30.2 Å². The second-order valence-corrected chi connectivity index (χ2v) is 8.06. The number of ketones is 1. The molecule has 11 heteroatoms. The number of hydrogen-bond donors (Lipinski definition) is 2. The van der Waals surface area contributed by atoms with Crippen molar-refractivity contribution < 1.29 is 32.6 Å². The molecule has 168 valence electrons. The lowest BCUT2D eigenvalue weighted by Gasteiger charge is -2.35. The molecule has 1 saturated heterocycles. The molecule has 1 aliphatic rings. The van der Waals surface area contributed by atoms with Crippen molar-refractivity contribution in [3.8, 4) is 5.88 Å². The number of carbonyl (C=O) groups excluding carboxylic acids is 1. The van der Waals surface area contributed by atoms with Crippen molar-refractivity contribution in [1.29, 1.82) is 0 Å². The minimum Gasteiger partial charge on any atom is -0.481 e. The molecular weight excluding hydrogens is 423 g/mol. The zero-order valence-corrected chi connectivity index (χ0v) is 17.6. The molecule has 0 bridgehead atoms. The van der Waals surface area contributed by atoms with Crippen LogP contribution in [0.5, 0.6) is 5.88 Å². The number of carboxylic acid groups (broad SMARTS) is 1. The Morgan fingerprint density at radius 2 is 2.00 bits per heavy atom. The summed E-state index contributed by atoms with van der Waals surface area (Å²) in [7, 11) is 0. The number of ether oxygens (including phenoxy) is 1. The molecule has 0 radical (unpaired) electrons. The Bertz CT molecular complexity index is 724. The van der Waals surface area contributed by atoms with Crippen LogP contribution in [0.1, 0.15) is 26.7 Å². The van der Waals surface area contributed by atoms with Crippen molar-refractivity contribution in [1.82, 2.24) is 9.29 Å². The number of Topliss-reactive ketones (excluding diaryl/α,β-unsaturated/α-hetero) is 1. The molecule has 0 saturated carbocycles. The smallest absolute Gasteiger partial charge is 0.309 e. The molecule has 0 aromatic carbocycles. The van der Waals surface area contributed by atoms with Gasteiger partial charge in [-0.05, 0) is 37.8 Å². The molecule has 7 nitrogen and oxygen atoms in total. The van der Waals surface area contributed by atoms with Crippen LogP contribution < -0.4 is 10.5 Å². The average molecular weight is 449 g/mol. The van der Waals surface area contributed by atoms with E-state index in [0.717, 1.165) is 11.8 Å². The minimum absolute atomic E-state index is 0.0758. The zero-order chi connectivity index (χ0) is 22.7. The highest BCUT2D eigenvalue weighted by molar-refractivity contribution is 7.97. The van der Waals surface area contributed by atoms with Gasteiger partial charge in [-0.3, -0.25) is 9.59 Å². The van der Waals surface area contributed by atoms with Gasteiger partial charge < -0.3 is 15.6 Å². The molecule has 2 rings (SSSR count). The maximum absolute atomic E-state index is 12.4. The average Bonchev–Trinajstić information content (AvgIpc) is 2.72. The molecule has 1 aromatic rings. The summed E-state index contributed by atoms with van der Waals surface area (Å²) in [5.74, 6) is -1.39. The van der Waals surface area contributed by atoms with E-state index in [1.807, 2.05) is 6.07 Å². The molecule has 30 heavy (non-hydrogen) atoms. The predicted molar refractivity (Wildman–Crippen MR) is 107 cm³/mol. The predicted octanol–water partition coefficient (Wildman–Crippen LogP) is 3.31. The molecule has 0 atom stereocenters. The maximum Gasteiger partial charge on any atom is 0.309 e. The fourth-order valence-corrected chi connectivity index (χ4v) is 3.13. The lowest BCUT2D eigenvalue weighted by Crippen LogP contribution is -2.39. The van der Waals surface area contributed by atoms with Gasteiger partial charge in [-0.1, -0.05) is 0 Å².